The van der Waals surface area contributed by atoms with E-state index in [0.29, 0.717) is 22.7 Å². The third kappa shape index (κ3) is 3.09. The van der Waals surface area contributed by atoms with E-state index in [4.69, 9.17) is 0 Å². The van der Waals surface area contributed by atoms with Gasteiger partial charge in [0.25, 0.3) is 5.78 Å². The number of fused-ring (bicyclic) bond motifs is 1. The van der Waals surface area contributed by atoms with Crippen molar-refractivity contribution in [2.45, 2.75) is 51.2 Å². The van der Waals surface area contributed by atoms with Crippen molar-refractivity contribution < 1.29 is 4.79 Å². The first kappa shape index (κ1) is 15.3. The van der Waals surface area contributed by atoms with Gasteiger partial charge in [0.1, 0.15) is 0 Å². The van der Waals surface area contributed by atoms with Gasteiger partial charge in [-0.15, -0.1) is 5.10 Å². The first-order valence-corrected chi connectivity index (χ1v) is 8.66. The number of carbonyl (C=O) groups excluding carboxylic acids is 1. The molecule has 2 aromatic rings. The average Bonchev–Trinajstić information content (AvgIpc) is 2.88. The SMILES string of the molecule is Cc1cc(C)n2nc(SCC(=O)N3CCCCC3C)nc2n1. The Morgan fingerprint density at radius 1 is 1.36 bits per heavy atom. The Morgan fingerprint density at radius 3 is 2.95 bits per heavy atom. The van der Waals surface area contributed by atoms with Crippen LogP contribution in [-0.2, 0) is 4.79 Å². The molecule has 1 aliphatic rings. The van der Waals surface area contributed by atoms with Crippen molar-refractivity contribution in [1.29, 1.82) is 0 Å². The fourth-order valence-electron chi connectivity index (χ4n) is 2.89. The number of aromatic nitrogens is 4. The molecule has 7 heteroatoms. The molecule has 1 saturated heterocycles. The van der Waals surface area contributed by atoms with Crippen molar-refractivity contribution in [1.82, 2.24) is 24.5 Å². The van der Waals surface area contributed by atoms with Gasteiger partial charge in [-0.3, -0.25) is 4.79 Å². The van der Waals surface area contributed by atoms with Crippen LogP contribution in [0.4, 0.5) is 0 Å². The van der Waals surface area contributed by atoms with E-state index in [1.165, 1.54) is 18.2 Å². The molecule has 1 amide bonds. The zero-order valence-electron chi connectivity index (χ0n) is 13.2. The van der Waals surface area contributed by atoms with E-state index in [-0.39, 0.29) is 5.91 Å². The Labute approximate surface area is 134 Å². The highest BCUT2D eigenvalue weighted by atomic mass is 32.2. The lowest BCUT2D eigenvalue weighted by Gasteiger charge is -2.33. The fourth-order valence-corrected chi connectivity index (χ4v) is 3.59. The Morgan fingerprint density at radius 2 is 2.18 bits per heavy atom. The van der Waals surface area contributed by atoms with Crippen LogP contribution in [0.25, 0.3) is 5.78 Å². The number of nitrogens with zero attached hydrogens (tertiary/aromatic N) is 5. The average molecular weight is 319 g/mol. The van der Waals surface area contributed by atoms with E-state index >= 15 is 0 Å². The van der Waals surface area contributed by atoms with E-state index < -0.39 is 0 Å². The molecular weight excluding hydrogens is 298 g/mol. The lowest BCUT2D eigenvalue weighted by atomic mass is 10.0. The minimum atomic E-state index is 0.178. The predicted octanol–water partition coefficient (Wildman–Crippen LogP) is 2.23. The molecule has 0 saturated carbocycles. The molecule has 1 atom stereocenters. The van der Waals surface area contributed by atoms with Crippen LogP contribution in [-0.4, -0.2) is 48.7 Å². The number of piperidine rings is 1. The molecule has 0 N–H and O–H groups in total. The van der Waals surface area contributed by atoms with Crippen molar-refractivity contribution in [3.05, 3.63) is 17.5 Å². The van der Waals surface area contributed by atoms with Crippen molar-refractivity contribution in [2.24, 2.45) is 0 Å². The monoisotopic (exact) mass is 319 g/mol. The summed E-state index contributed by atoms with van der Waals surface area (Å²) < 4.78 is 1.73. The summed E-state index contributed by atoms with van der Waals surface area (Å²) in [6, 6.07) is 2.32. The van der Waals surface area contributed by atoms with Gasteiger partial charge in [0.2, 0.25) is 11.1 Å². The fraction of sp³-hybridized carbons (Fsp3) is 0.600. The quantitative estimate of drug-likeness (QED) is 0.812. The summed E-state index contributed by atoms with van der Waals surface area (Å²) in [6.07, 6.45) is 3.43. The maximum Gasteiger partial charge on any atom is 0.253 e. The molecule has 22 heavy (non-hydrogen) atoms. The zero-order chi connectivity index (χ0) is 15.7. The van der Waals surface area contributed by atoms with Crippen LogP contribution in [0.1, 0.15) is 37.6 Å². The summed E-state index contributed by atoms with van der Waals surface area (Å²) in [4.78, 5) is 23.1. The molecule has 0 aliphatic carbocycles. The van der Waals surface area contributed by atoms with Gasteiger partial charge in [0.05, 0.1) is 5.75 Å². The van der Waals surface area contributed by atoms with Crippen molar-refractivity contribution in [3.8, 4) is 0 Å². The normalized spacial score (nSPS) is 18.9. The molecule has 2 aromatic heterocycles. The van der Waals surface area contributed by atoms with Gasteiger partial charge in [-0.25, -0.2) is 9.50 Å². The number of rotatable bonds is 3. The minimum Gasteiger partial charge on any atom is -0.339 e. The number of carbonyl (C=O) groups is 1. The van der Waals surface area contributed by atoms with Gasteiger partial charge >= 0.3 is 0 Å². The van der Waals surface area contributed by atoms with Gasteiger partial charge in [-0.2, -0.15) is 4.98 Å². The smallest absolute Gasteiger partial charge is 0.253 e. The number of thioether (sulfide) groups is 1. The van der Waals surface area contributed by atoms with Crippen LogP contribution >= 0.6 is 11.8 Å². The molecule has 1 unspecified atom stereocenters. The van der Waals surface area contributed by atoms with Crippen molar-refractivity contribution in [3.63, 3.8) is 0 Å². The van der Waals surface area contributed by atoms with E-state index in [2.05, 4.69) is 22.0 Å². The van der Waals surface area contributed by atoms with Gasteiger partial charge < -0.3 is 4.90 Å². The maximum atomic E-state index is 12.3. The Bertz CT molecular complexity index is 699. The second kappa shape index (κ2) is 6.24. The number of aryl methyl sites for hydroxylation is 2. The number of likely N-dealkylation sites (tertiary alicyclic amines) is 1. The molecule has 0 bridgehead atoms. The highest BCUT2D eigenvalue weighted by Crippen LogP contribution is 2.20. The lowest BCUT2D eigenvalue weighted by Crippen LogP contribution is -2.42. The van der Waals surface area contributed by atoms with Crippen molar-refractivity contribution >= 4 is 23.4 Å². The van der Waals surface area contributed by atoms with Crippen LogP contribution in [0.2, 0.25) is 0 Å². The number of hydrogen-bond donors (Lipinski definition) is 0. The van der Waals surface area contributed by atoms with Gasteiger partial charge in [0.15, 0.2) is 0 Å². The standard InChI is InChI=1S/C15H21N5OS/c1-10-8-12(3)20-14(16-10)17-15(18-20)22-9-13(21)19-7-5-4-6-11(19)2/h8,11H,4-7,9H2,1-3H3. The Balaban J connectivity index is 1.68. The summed E-state index contributed by atoms with van der Waals surface area (Å²) >= 11 is 1.39. The van der Waals surface area contributed by atoms with Crippen LogP contribution < -0.4 is 0 Å². The molecule has 6 nitrogen and oxygen atoms in total. The molecule has 0 radical (unpaired) electrons. The highest BCUT2D eigenvalue weighted by molar-refractivity contribution is 7.99. The third-order valence-corrected chi connectivity index (χ3v) is 4.87. The molecule has 0 aromatic carbocycles. The molecule has 3 heterocycles. The predicted molar refractivity (Wildman–Crippen MR) is 86.0 cm³/mol. The third-order valence-electron chi connectivity index (χ3n) is 4.05. The highest BCUT2D eigenvalue weighted by Gasteiger charge is 2.23. The molecule has 0 spiro atoms. The van der Waals surface area contributed by atoms with E-state index in [1.54, 1.807) is 4.52 Å². The summed E-state index contributed by atoms with van der Waals surface area (Å²) in [5, 5.41) is 5.04. The van der Waals surface area contributed by atoms with Crippen LogP contribution in [0, 0.1) is 13.8 Å². The van der Waals surface area contributed by atoms with Crippen LogP contribution in [0.3, 0.4) is 0 Å². The topological polar surface area (TPSA) is 63.4 Å². The zero-order valence-corrected chi connectivity index (χ0v) is 14.1. The van der Waals surface area contributed by atoms with Gasteiger partial charge in [-0.1, -0.05) is 11.8 Å². The Hall–Kier alpha value is -1.63. The number of amides is 1. The molecule has 3 rings (SSSR count). The second-order valence-electron chi connectivity index (χ2n) is 5.87. The van der Waals surface area contributed by atoms with Gasteiger partial charge in [0, 0.05) is 24.0 Å². The van der Waals surface area contributed by atoms with E-state index in [1.807, 2.05) is 24.8 Å². The first-order valence-electron chi connectivity index (χ1n) is 7.68. The Kier molecular flexibility index (Phi) is 4.33. The summed E-state index contributed by atoms with van der Waals surface area (Å²) in [5.74, 6) is 1.16. The molecular formula is C15H21N5OS. The lowest BCUT2D eigenvalue weighted by molar-refractivity contribution is -0.131. The van der Waals surface area contributed by atoms with Gasteiger partial charge in [-0.05, 0) is 46.1 Å². The molecule has 1 aliphatic heterocycles. The second-order valence-corrected chi connectivity index (χ2v) is 6.81. The van der Waals surface area contributed by atoms with Crippen molar-refractivity contribution in [2.75, 3.05) is 12.3 Å². The van der Waals surface area contributed by atoms with Crippen LogP contribution in [0.5, 0.6) is 0 Å². The van der Waals surface area contributed by atoms with E-state index in [0.717, 1.165) is 30.8 Å². The van der Waals surface area contributed by atoms with E-state index in [9.17, 15) is 4.79 Å². The number of hydrogen-bond acceptors (Lipinski definition) is 5. The summed E-state index contributed by atoms with van der Waals surface area (Å²) in [7, 11) is 0. The molecule has 118 valence electrons. The molecule has 1 fully saturated rings. The minimum absolute atomic E-state index is 0.178. The first-order chi connectivity index (χ1) is 10.5. The largest absolute Gasteiger partial charge is 0.339 e. The summed E-state index contributed by atoms with van der Waals surface area (Å²) in [5.41, 5.74) is 1.92. The summed E-state index contributed by atoms with van der Waals surface area (Å²) in [6.45, 7) is 6.92. The maximum absolute atomic E-state index is 12.3. The van der Waals surface area contributed by atoms with Crippen LogP contribution in [0.15, 0.2) is 11.2 Å².